The molecule has 0 aliphatic heterocycles. The molecule has 3 N–H and O–H groups in total. The summed E-state index contributed by atoms with van der Waals surface area (Å²) in [5, 5.41) is 14.2. The van der Waals surface area contributed by atoms with Crippen molar-refractivity contribution >= 4 is 16.6 Å². The van der Waals surface area contributed by atoms with Gasteiger partial charge in [0, 0.05) is 11.5 Å². The number of nitrogens with zero attached hydrogens (tertiary/aromatic N) is 2. The Morgan fingerprint density at radius 1 is 1.57 bits per heavy atom. The highest BCUT2D eigenvalue weighted by molar-refractivity contribution is 5.84. The lowest BCUT2D eigenvalue weighted by molar-refractivity contribution is 0.103. The minimum Gasteiger partial charge on any atom is -0.506 e. The third kappa shape index (κ3) is 1.22. The van der Waals surface area contributed by atoms with E-state index in [2.05, 4.69) is 5.10 Å². The topological polar surface area (TPSA) is 73.3 Å². The van der Waals surface area contributed by atoms with Gasteiger partial charge in [0.05, 0.1) is 11.9 Å². The van der Waals surface area contributed by atoms with Crippen LogP contribution in [0.3, 0.4) is 0 Å². The van der Waals surface area contributed by atoms with Crippen molar-refractivity contribution in [1.82, 2.24) is 9.94 Å². The molecule has 0 amide bonds. The number of phenols is 1. The van der Waals surface area contributed by atoms with Gasteiger partial charge in [0.2, 0.25) is 0 Å². The van der Waals surface area contributed by atoms with Crippen molar-refractivity contribution in [2.45, 2.75) is 6.92 Å². The predicted molar refractivity (Wildman–Crippen MR) is 52.9 cm³/mol. The van der Waals surface area contributed by atoms with Gasteiger partial charge in [-0.05, 0) is 13.0 Å². The summed E-state index contributed by atoms with van der Waals surface area (Å²) in [4.78, 5) is 6.58. The van der Waals surface area contributed by atoms with Gasteiger partial charge in [-0.3, -0.25) is 0 Å². The third-order valence-corrected chi connectivity index (χ3v) is 1.94. The largest absolute Gasteiger partial charge is 0.506 e. The van der Waals surface area contributed by atoms with E-state index in [-0.39, 0.29) is 5.75 Å². The molecule has 5 nitrogen and oxygen atoms in total. The van der Waals surface area contributed by atoms with Crippen molar-refractivity contribution in [3.05, 3.63) is 18.3 Å². The molecule has 2 rings (SSSR count). The Morgan fingerprint density at radius 3 is 3.07 bits per heavy atom. The SMILES string of the molecule is CCOn1ncc2cc(N)c(O)cc21. The van der Waals surface area contributed by atoms with Gasteiger partial charge in [-0.1, -0.05) is 4.85 Å². The number of hydrogen-bond acceptors (Lipinski definition) is 4. The molecule has 14 heavy (non-hydrogen) atoms. The Bertz CT molecular complexity index is 464. The zero-order valence-corrected chi connectivity index (χ0v) is 7.77. The lowest BCUT2D eigenvalue weighted by Crippen LogP contribution is -2.11. The number of hydrogen-bond donors (Lipinski definition) is 2. The van der Waals surface area contributed by atoms with E-state index in [1.807, 2.05) is 6.92 Å². The van der Waals surface area contributed by atoms with Crippen molar-refractivity contribution in [2.24, 2.45) is 0 Å². The maximum Gasteiger partial charge on any atom is 0.140 e. The zero-order chi connectivity index (χ0) is 10.1. The van der Waals surface area contributed by atoms with Crippen LogP contribution in [0.4, 0.5) is 5.69 Å². The van der Waals surface area contributed by atoms with Gasteiger partial charge in [-0.25, -0.2) is 0 Å². The molecule has 1 aromatic carbocycles. The smallest absolute Gasteiger partial charge is 0.140 e. The Balaban J connectivity index is 2.61. The monoisotopic (exact) mass is 193 g/mol. The number of nitrogens with two attached hydrogens (primary N) is 1. The van der Waals surface area contributed by atoms with Crippen molar-refractivity contribution in [3.8, 4) is 5.75 Å². The number of rotatable bonds is 2. The number of anilines is 1. The molecule has 5 heteroatoms. The van der Waals surface area contributed by atoms with Crippen LogP contribution in [0.2, 0.25) is 0 Å². The summed E-state index contributed by atoms with van der Waals surface area (Å²) in [5.41, 5.74) is 6.59. The van der Waals surface area contributed by atoms with E-state index in [1.54, 1.807) is 12.3 Å². The average molecular weight is 193 g/mol. The molecule has 0 spiro atoms. The molecule has 2 aromatic rings. The molecule has 0 atom stereocenters. The van der Waals surface area contributed by atoms with Crippen LogP contribution in [0.1, 0.15) is 6.92 Å². The fourth-order valence-electron chi connectivity index (χ4n) is 1.28. The van der Waals surface area contributed by atoms with Crippen LogP contribution in [0.25, 0.3) is 10.9 Å². The molecule has 0 saturated heterocycles. The maximum absolute atomic E-state index is 9.41. The van der Waals surface area contributed by atoms with Crippen LogP contribution in [-0.2, 0) is 0 Å². The van der Waals surface area contributed by atoms with Gasteiger partial charge in [-0.2, -0.15) is 0 Å². The predicted octanol–water partition coefficient (Wildman–Crippen LogP) is 0.773. The Labute approximate surface area is 80.7 Å². The van der Waals surface area contributed by atoms with Crippen molar-refractivity contribution in [3.63, 3.8) is 0 Å². The van der Waals surface area contributed by atoms with E-state index in [4.69, 9.17) is 10.6 Å². The minimum absolute atomic E-state index is 0.0407. The first-order valence-corrected chi connectivity index (χ1v) is 4.32. The van der Waals surface area contributed by atoms with Crippen molar-refractivity contribution in [1.29, 1.82) is 0 Å². The summed E-state index contributed by atoms with van der Waals surface area (Å²) in [5.74, 6) is 0.0407. The molecule has 0 bridgehead atoms. The van der Waals surface area contributed by atoms with Gasteiger partial charge >= 0.3 is 0 Å². The van der Waals surface area contributed by atoms with E-state index in [9.17, 15) is 5.11 Å². The van der Waals surface area contributed by atoms with Gasteiger partial charge in [0.25, 0.3) is 0 Å². The molecule has 0 aliphatic carbocycles. The van der Waals surface area contributed by atoms with E-state index in [1.165, 1.54) is 10.9 Å². The molecule has 0 aliphatic rings. The highest BCUT2D eigenvalue weighted by Crippen LogP contribution is 2.26. The normalized spacial score (nSPS) is 10.6. The Morgan fingerprint density at radius 2 is 2.36 bits per heavy atom. The second kappa shape index (κ2) is 3.10. The quantitative estimate of drug-likeness (QED) is 0.545. The second-order valence-corrected chi connectivity index (χ2v) is 2.91. The van der Waals surface area contributed by atoms with Crippen LogP contribution in [-0.4, -0.2) is 21.7 Å². The molecule has 1 heterocycles. The molecule has 0 fully saturated rings. The van der Waals surface area contributed by atoms with Gasteiger partial charge in [0.15, 0.2) is 0 Å². The first kappa shape index (κ1) is 8.68. The summed E-state index contributed by atoms with van der Waals surface area (Å²) in [6.07, 6.45) is 1.64. The zero-order valence-electron chi connectivity index (χ0n) is 7.77. The van der Waals surface area contributed by atoms with Crippen LogP contribution in [0, 0.1) is 0 Å². The first-order valence-electron chi connectivity index (χ1n) is 4.32. The summed E-state index contributed by atoms with van der Waals surface area (Å²) in [7, 11) is 0. The fraction of sp³-hybridized carbons (Fsp3) is 0.222. The average Bonchev–Trinajstić information content (AvgIpc) is 2.51. The molecule has 0 saturated carbocycles. The summed E-state index contributed by atoms with van der Waals surface area (Å²) in [6, 6.07) is 3.19. The number of nitrogen functional groups attached to an aromatic ring is 1. The summed E-state index contributed by atoms with van der Waals surface area (Å²) < 4.78 is 0. The first-order chi connectivity index (χ1) is 6.72. The Hall–Kier alpha value is -1.91. The summed E-state index contributed by atoms with van der Waals surface area (Å²) in [6.45, 7) is 2.38. The standard InChI is InChI=1S/C9H11N3O2/c1-2-14-12-8-4-9(13)7(10)3-6(8)5-11-12/h3-5,13H,2,10H2,1H3. The lowest BCUT2D eigenvalue weighted by Gasteiger charge is -2.03. The van der Waals surface area contributed by atoms with Crippen LogP contribution >= 0.6 is 0 Å². The number of aromatic nitrogens is 2. The number of fused-ring (bicyclic) bond motifs is 1. The third-order valence-electron chi connectivity index (χ3n) is 1.94. The molecular formula is C9H11N3O2. The van der Waals surface area contributed by atoms with Crippen LogP contribution in [0.15, 0.2) is 18.3 Å². The van der Waals surface area contributed by atoms with Crippen molar-refractivity contribution in [2.75, 3.05) is 12.3 Å². The minimum atomic E-state index is 0.0407. The number of aromatic hydroxyl groups is 1. The highest BCUT2D eigenvalue weighted by Gasteiger charge is 2.06. The number of benzene rings is 1. The number of phenolic OH excluding ortho intramolecular Hbond substituents is 1. The maximum atomic E-state index is 9.41. The van der Waals surface area contributed by atoms with Gasteiger partial charge < -0.3 is 15.7 Å². The molecule has 0 radical (unpaired) electrons. The molecular weight excluding hydrogens is 182 g/mol. The van der Waals surface area contributed by atoms with E-state index >= 15 is 0 Å². The molecule has 1 aromatic heterocycles. The van der Waals surface area contributed by atoms with E-state index < -0.39 is 0 Å². The van der Waals surface area contributed by atoms with Crippen LogP contribution in [0.5, 0.6) is 5.75 Å². The van der Waals surface area contributed by atoms with Gasteiger partial charge in [0.1, 0.15) is 17.9 Å². The Kier molecular flexibility index (Phi) is 1.92. The molecule has 74 valence electrons. The highest BCUT2D eigenvalue weighted by atomic mass is 16.7. The van der Waals surface area contributed by atoms with Gasteiger partial charge in [-0.15, -0.1) is 5.10 Å². The van der Waals surface area contributed by atoms with Crippen LogP contribution < -0.4 is 10.6 Å². The fourth-order valence-corrected chi connectivity index (χ4v) is 1.28. The molecule has 0 unspecified atom stereocenters. The second-order valence-electron chi connectivity index (χ2n) is 2.91. The van der Waals surface area contributed by atoms with E-state index in [0.29, 0.717) is 17.8 Å². The summed E-state index contributed by atoms with van der Waals surface area (Å²) >= 11 is 0. The van der Waals surface area contributed by atoms with E-state index in [0.717, 1.165) is 5.39 Å². The lowest BCUT2D eigenvalue weighted by atomic mass is 10.2. The van der Waals surface area contributed by atoms with Crippen molar-refractivity contribution < 1.29 is 9.94 Å².